The van der Waals surface area contributed by atoms with Crippen LogP contribution in [0.3, 0.4) is 0 Å². The van der Waals surface area contributed by atoms with Crippen molar-refractivity contribution in [3.8, 4) is 5.75 Å². The van der Waals surface area contributed by atoms with Crippen molar-refractivity contribution in [1.29, 1.82) is 0 Å². The summed E-state index contributed by atoms with van der Waals surface area (Å²) in [6, 6.07) is 14.8. The van der Waals surface area contributed by atoms with Gasteiger partial charge >= 0.3 is 0 Å². The standard InChI is InChI=1S/C15H14BrIO/c1-10-3-8-14(18-2)13(9-10)15(16)11-4-6-12(17)7-5-11/h3-9,15H,1-2H3. The summed E-state index contributed by atoms with van der Waals surface area (Å²) in [6.45, 7) is 2.09. The zero-order valence-electron chi connectivity index (χ0n) is 10.3. The molecule has 0 radical (unpaired) electrons. The highest BCUT2D eigenvalue weighted by Gasteiger charge is 2.15. The van der Waals surface area contributed by atoms with E-state index in [0.29, 0.717) is 0 Å². The van der Waals surface area contributed by atoms with Crippen LogP contribution in [0.1, 0.15) is 21.5 Å². The molecule has 0 aromatic heterocycles. The number of rotatable bonds is 3. The molecule has 94 valence electrons. The molecule has 0 heterocycles. The number of benzene rings is 2. The van der Waals surface area contributed by atoms with Crippen LogP contribution in [-0.2, 0) is 0 Å². The van der Waals surface area contributed by atoms with E-state index in [9.17, 15) is 0 Å². The van der Waals surface area contributed by atoms with Gasteiger partial charge < -0.3 is 4.74 Å². The molecule has 3 heteroatoms. The van der Waals surface area contributed by atoms with Gasteiger partial charge in [0.1, 0.15) is 5.75 Å². The number of halogens is 2. The number of aryl methyl sites for hydroxylation is 1. The molecule has 0 aliphatic heterocycles. The van der Waals surface area contributed by atoms with E-state index in [1.54, 1.807) is 7.11 Å². The van der Waals surface area contributed by atoms with Crippen LogP contribution in [0.25, 0.3) is 0 Å². The first-order valence-corrected chi connectivity index (χ1v) is 7.65. The molecule has 0 bridgehead atoms. The molecule has 1 nitrogen and oxygen atoms in total. The smallest absolute Gasteiger partial charge is 0.123 e. The Kier molecular flexibility index (Phi) is 4.67. The van der Waals surface area contributed by atoms with E-state index in [1.165, 1.54) is 20.3 Å². The number of ether oxygens (including phenoxy) is 1. The first kappa shape index (κ1) is 13.9. The third-order valence-corrected chi connectivity index (χ3v) is 4.56. The fourth-order valence-corrected chi connectivity index (χ4v) is 2.89. The summed E-state index contributed by atoms with van der Waals surface area (Å²) in [5.74, 6) is 0.918. The molecule has 0 fully saturated rings. The van der Waals surface area contributed by atoms with Gasteiger partial charge in [0.2, 0.25) is 0 Å². The zero-order valence-corrected chi connectivity index (χ0v) is 14.0. The third kappa shape index (κ3) is 3.06. The molecule has 2 rings (SSSR count). The number of methoxy groups -OCH3 is 1. The maximum absolute atomic E-state index is 5.44. The summed E-state index contributed by atoms with van der Waals surface area (Å²) in [4.78, 5) is 0.157. The molecule has 0 aliphatic carbocycles. The molecule has 0 spiro atoms. The van der Waals surface area contributed by atoms with Gasteiger partial charge in [0.05, 0.1) is 11.9 Å². The Morgan fingerprint density at radius 3 is 2.39 bits per heavy atom. The second-order valence-corrected chi connectivity index (χ2v) is 6.32. The van der Waals surface area contributed by atoms with Gasteiger partial charge in [0.15, 0.2) is 0 Å². The molecule has 1 unspecified atom stereocenters. The van der Waals surface area contributed by atoms with Gasteiger partial charge in [0.25, 0.3) is 0 Å². The van der Waals surface area contributed by atoms with Crippen LogP contribution in [0.2, 0.25) is 0 Å². The lowest BCUT2D eigenvalue weighted by Gasteiger charge is -2.15. The van der Waals surface area contributed by atoms with Crippen LogP contribution >= 0.6 is 38.5 Å². The molecule has 2 aromatic carbocycles. The average Bonchev–Trinajstić information content (AvgIpc) is 2.39. The van der Waals surface area contributed by atoms with Gasteiger partial charge in [-0.3, -0.25) is 0 Å². The molecule has 0 aliphatic rings. The largest absolute Gasteiger partial charge is 0.496 e. The Labute approximate surface area is 130 Å². The number of hydrogen-bond donors (Lipinski definition) is 0. The predicted octanol–water partition coefficient (Wildman–Crippen LogP) is 5.09. The minimum Gasteiger partial charge on any atom is -0.496 e. The van der Waals surface area contributed by atoms with Crippen LogP contribution in [-0.4, -0.2) is 7.11 Å². The van der Waals surface area contributed by atoms with Crippen molar-refractivity contribution in [3.05, 3.63) is 62.7 Å². The van der Waals surface area contributed by atoms with Crippen LogP contribution < -0.4 is 4.74 Å². The quantitative estimate of drug-likeness (QED) is 0.500. The Hall–Kier alpha value is -0.550. The highest BCUT2D eigenvalue weighted by atomic mass is 127. The van der Waals surface area contributed by atoms with Crippen LogP contribution in [0.4, 0.5) is 0 Å². The summed E-state index contributed by atoms with van der Waals surface area (Å²) < 4.78 is 6.68. The molecule has 1 atom stereocenters. The van der Waals surface area contributed by atoms with E-state index >= 15 is 0 Å². The average molecular weight is 417 g/mol. The first-order chi connectivity index (χ1) is 8.61. The van der Waals surface area contributed by atoms with Crippen molar-refractivity contribution in [2.45, 2.75) is 11.8 Å². The first-order valence-electron chi connectivity index (χ1n) is 5.66. The van der Waals surface area contributed by atoms with Gasteiger partial charge in [0, 0.05) is 9.13 Å². The van der Waals surface area contributed by atoms with E-state index < -0.39 is 0 Å². The van der Waals surface area contributed by atoms with Gasteiger partial charge in [-0.05, 0) is 53.3 Å². The molecule has 0 saturated heterocycles. The highest BCUT2D eigenvalue weighted by molar-refractivity contribution is 14.1. The van der Waals surface area contributed by atoms with Gasteiger partial charge in [-0.15, -0.1) is 0 Å². The van der Waals surface area contributed by atoms with Crippen LogP contribution in [0.5, 0.6) is 5.75 Å². The lowest BCUT2D eigenvalue weighted by molar-refractivity contribution is 0.410. The van der Waals surface area contributed by atoms with Crippen molar-refractivity contribution >= 4 is 38.5 Å². The Balaban J connectivity index is 2.41. The molecular formula is C15H14BrIO. The summed E-state index contributed by atoms with van der Waals surface area (Å²) >= 11 is 6.08. The Bertz CT molecular complexity index is 537. The topological polar surface area (TPSA) is 9.23 Å². The minimum atomic E-state index is 0.157. The maximum atomic E-state index is 5.44. The van der Waals surface area contributed by atoms with Crippen molar-refractivity contribution in [2.24, 2.45) is 0 Å². The molecule has 2 aromatic rings. The minimum absolute atomic E-state index is 0.157. The van der Waals surface area contributed by atoms with E-state index in [0.717, 1.165) is 5.75 Å². The molecule has 0 saturated carbocycles. The van der Waals surface area contributed by atoms with Crippen molar-refractivity contribution in [1.82, 2.24) is 0 Å². The summed E-state index contributed by atoms with van der Waals surface area (Å²) in [6.07, 6.45) is 0. The molecule has 0 amide bonds. The lowest BCUT2D eigenvalue weighted by atomic mass is 10.0. The zero-order chi connectivity index (χ0) is 13.1. The molecule has 18 heavy (non-hydrogen) atoms. The summed E-state index contributed by atoms with van der Waals surface area (Å²) in [7, 11) is 1.71. The van der Waals surface area contributed by atoms with Crippen LogP contribution in [0, 0.1) is 10.5 Å². The van der Waals surface area contributed by atoms with Crippen molar-refractivity contribution in [2.75, 3.05) is 7.11 Å². The maximum Gasteiger partial charge on any atom is 0.123 e. The normalized spacial score (nSPS) is 12.2. The number of hydrogen-bond acceptors (Lipinski definition) is 1. The predicted molar refractivity (Wildman–Crippen MR) is 87.7 cm³/mol. The van der Waals surface area contributed by atoms with Crippen molar-refractivity contribution in [3.63, 3.8) is 0 Å². The van der Waals surface area contributed by atoms with Crippen molar-refractivity contribution < 1.29 is 4.74 Å². The highest BCUT2D eigenvalue weighted by Crippen LogP contribution is 2.37. The van der Waals surface area contributed by atoms with Crippen LogP contribution in [0.15, 0.2) is 42.5 Å². The Morgan fingerprint density at radius 2 is 1.78 bits per heavy atom. The fraction of sp³-hybridized carbons (Fsp3) is 0.200. The van der Waals surface area contributed by atoms with Gasteiger partial charge in [-0.2, -0.15) is 0 Å². The van der Waals surface area contributed by atoms with E-state index in [-0.39, 0.29) is 4.83 Å². The second-order valence-electron chi connectivity index (χ2n) is 4.16. The Morgan fingerprint density at radius 1 is 1.11 bits per heavy atom. The van der Waals surface area contributed by atoms with E-state index in [2.05, 4.69) is 81.8 Å². The summed E-state index contributed by atoms with van der Waals surface area (Å²) in [5, 5.41) is 0. The molecular weight excluding hydrogens is 403 g/mol. The molecule has 0 N–H and O–H groups in total. The summed E-state index contributed by atoms with van der Waals surface area (Å²) in [5.41, 5.74) is 3.64. The lowest BCUT2D eigenvalue weighted by Crippen LogP contribution is -1.97. The second kappa shape index (κ2) is 6.06. The third-order valence-electron chi connectivity index (χ3n) is 2.82. The van der Waals surface area contributed by atoms with Gasteiger partial charge in [-0.25, -0.2) is 0 Å². The number of alkyl halides is 1. The monoisotopic (exact) mass is 416 g/mol. The van der Waals surface area contributed by atoms with E-state index in [1.807, 2.05) is 6.07 Å². The fourth-order valence-electron chi connectivity index (χ4n) is 1.86. The SMILES string of the molecule is COc1ccc(C)cc1C(Br)c1ccc(I)cc1. The van der Waals surface area contributed by atoms with Gasteiger partial charge in [-0.1, -0.05) is 45.8 Å². The van der Waals surface area contributed by atoms with E-state index in [4.69, 9.17) is 4.74 Å².